The molecule has 126 valence electrons. The van der Waals surface area contributed by atoms with E-state index in [1.54, 1.807) is 6.20 Å². The van der Waals surface area contributed by atoms with Crippen LogP contribution in [0.5, 0.6) is 0 Å². The summed E-state index contributed by atoms with van der Waals surface area (Å²) in [6, 6.07) is 4.54. The first kappa shape index (κ1) is 15.8. The number of fused-ring (bicyclic) bond motifs is 3. The van der Waals surface area contributed by atoms with Crippen molar-refractivity contribution in [1.29, 1.82) is 0 Å². The second kappa shape index (κ2) is 4.88. The van der Waals surface area contributed by atoms with E-state index in [1.807, 2.05) is 6.07 Å². The molecular formula is C19H26BN3O. The lowest BCUT2D eigenvalue weighted by Gasteiger charge is -2.42. The zero-order chi connectivity index (χ0) is 17.3. The molecule has 0 aromatic carbocycles. The van der Waals surface area contributed by atoms with Gasteiger partial charge in [0, 0.05) is 28.4 Å². The van der Waals surface area contributed by atoms with Gasteiger partial charge in [-0.25, -0.2) is 4.98 Å². The molecule has 2 aliphatic heterocycles. The van der Waals surface area contributed by atoms with Gasteiger partial charge in [0.1, 0.15) is 5.42 Å². The summed E-state index contributed by atoms with van der Waals surface area (Å²) in [7, 11) is 2.16. The third-order valence-corrected chi connectivity index (χ3v) is 6.00. The average molecular weight is 323 g/mol. The van der Waals surface area contributed by atoms with E-state index in [2.05, 4.69) is 74.5 Å². The predicted molar refractivity (Wildman–Crippen MR) is 99.5 cm³/mol. The van der Waals surface area contributed by atoms with Gasteiger partial charge in [-0.3, -0.25) is 0 Å². The predicted octanol–water partition coefficient (Wildman–Crippen LogP) is 2.22. The fourth-order valence-electron chi connectivity index (χ4n) is 4.88. The summed E-state index contributed by atoms with van der Waals surface area (Å²) in [5, 5.41) is 2.23. The Morgan fingerprint density at radius 3 is 2.71 bits per heavy atom. The van der Waals surface area contributed by atoms with Crippen LogP contribution in [0.25, 0.3) is 23.3 Å². The summed E-state index contributed by atoms with van der Waals surface area (Å²) in [4.78, 5) is 9.30. The number of hydrogen-bond acceptors (Lipinski definition) is 4. The van der Waals surface area contributed by atoms with Gasteiger partial charge in [-0.05, 0) is 64.0 Å². The van der Waals surface area contributed by atoms with E-state index in [4.69, 9.17) is 4.42 Å². The van der Waals surface area contributed by atoms with E-state index in [1.165, 1.54) is 6.42 Å². The van der Waals surface area contributed by atoms with Gasteiger partial charge >= 0.3 is 6.98 Å². The number of pyridine rings is 1. The number of aromatic nitrogens is 1. The molecule has 0 unspecified atom stereocenters. The quantitative estimate of drug-likeness (QED) is 0.754. The van der Waals surface area contributed by atoms with Crippen molar-refractivity contribution in [3.05, 3.63) is 29.0 Å². The molecule has 4 rings (SSSR count). The first-order valence-corrected chi connectivity index (χ1v) is 8.78. The van der Waals surface area contributed by atoms with E-state index in [9.17, 15) is 0 Å². The zero-order valence-corrected chi connectivity index (χ0v) is 15.5. The minimum Gasteiger partial charge on any atom is -0.439 e. The Morgan fingerprint density at radius 1 is 1.29 bits per heavy atom. The van der Waals surface area contributed by atoms with Crippen LogP contribution in [0.15, 0.2) is 22.7 Å². The molecular weight excluding hydrogens is 297 g/mol. The molecule has 24 heavy (non-hydrogen) atoms. The fourth-order valence-corrected chi connectivity index (χ4v) is 4.88. The van der Waals surface area contributed by atoms with Crippen LogP contribution >= 0.6 is 0 Å². The Kier molecular flexibility index (Phi) is 3.21. The summed E-state index contributed by atoms with van der Waals surface area (Å²) in [5.74, 6) is 2.26. The Hall–Kier alpha value is -1.75. The lowest BCUT2D eigenvalue weighted by atomic mass is 9.67. The molecule has 0 radical (unpaired) electrons. The van der Waals surface area contributed by atoms with Crippen LogP contribution in [0, 0.1) is 5.41 Å². The molecule has 4 nitrogen and oxygen atoms in total. The van der Waals surface area contributed by atoms with Crippen LogP contribution in [-0.2, 0) is 0 Å². The van der Waals surface area contributed by atoms with E-state index >= 15 is 0 Å². The minimum atomic E-state index is 0.147. The molecule has 4 heterocycles. The summed E-state index contributed by atoms with van der Waals surface area (Å²) >= 11 is 0. The Labute approximate surface area is 144 Å². The second-order valence-electron chi connectivity index (χ2n) is 8.67. The highest BCUT2D eigenvalue weighted by Gasteiger charge is 2.52. The van der Waals surface area contributed by atoms with E-state index in [0.717, 1.165) is 21.7 Å². The van der Waals surface area contributed by atoms with Gasteiger partial charge in [0.25, 0.3) is 0 Å². The highest BCUT2D eigenvalue weighted by atomic mass is 16.3. The summed E-state index contributed by atoms with van der Waals surface area (Å²) in [6.45, 7) is 12.0. The van der Waals surface area contributed by atoms with Gasteiger partial charge in [-0.1, -0.05) is 13.8 Å². The lowest BCUT2D eigenvalue weighted by Crippen LogP contribution is -2.59. The largest absolute Gasteiger partial charge is 0.439 e. The maximum Gasteiger partial charge on any atom is 0.374 e. The number of nitrogens with zero attached hydrogens (tertiary/aromatic N) is 3. The van der Waals surface area contributed by atoms with Crippen LogP contribution in [0.2, 0.25) is 0 Å². The van der Waals surface area contributed by atoms with E-state index in [0.29, 0.717) is 11.5 Å². The number of furan rings is 1. The monoisotopic (exact) mass is 323 g/mol. The Bertz CT molecular complexity index is 914. The summed E-state index contributed by atoms with van der Waals surface area (Å²) in [5.41, 5.74) is 2.11. The maximum atomic E-state index is 6.03. The maximum absolute atomic E-state index is 6.03. The standard InChI is InChI=1S/C19H26BN3O/c1-13-18(2,3)12-19(4,5)23(13)20-10-16-15(11-22(20)6)14-8-7-9-21-17(14)24-16/h7-11,13H,12H2,1-6H3/t13-/m0/s1. The molecule has 2 aromatic rings. The van der Waals surface area contributed by atoms with Gasteiger partial charge in [-0.15, -0.1) is 0 Å². The average Bonchev–Trinajstić information content (AvgIpc) is 2.91. The molecule has 1 fully saturated rings. The molecule has 0 bridgehead atoms. The van der Waals surface area contributed by atoms with Crippen LogP contribution < -0.4 is 10.6 Å². The first-order chi connectivity index (χ1) is 11.2. The van der Waals surface area contributed by atoms with Crippen LogP contribution in [0.4, 0.5) is 0 Å². The zero-order valence-electron chi connectivity index (χ0n) is 15.5. The lowest BCUT2D eigenvalue weighted by molar-refractivity contribution is 0.226. The summed E-state index contributed by atoms with van der Waals surface area (Å²) < 4.78 is 6.03. The normalized spacial score (nSPS) is 25.5. The molecule has 0 amide bonds. The molecule has 0 spiro atoms. The van der Waals surface area contributed by atoms with Gasteiger partial charge in [0.15, 0.2) is 0 Å². The molecule has 0 N–H and O–H groups in total. The highest BCUT2D eigenvalue weighted by molar-refractivity contribution is 6.69. The van der Waals surface area contributed by atoms with Gasteiger partial charge in [0.2, 0.25) is 5.71 Å². The third kappa shape index (κ3) is 2.14. The fraction of sp³-hybridized carbons (Fsp3) is 0.526. The SMILES string of the molecule is C[C@@H]1N(B2C=c3oc4ncccc4c3=CN2C)C(C)(C)CC1(C)C. The highest BCUT2D eigenvalue weighted by Crippen LogP contribution is 2.46. The van der Waals surface area contributed by atoms with Crippen molar-refractivity contribution in [2.75, 3.05) is 7.05 Å². The smallest absolute Gasteiger partial charge is 0.374 e. The van der Waals surface area contributed by atoms with Gasteiger partial charge in [-0.2, -0.15) is 0 Å². The first-order valence-electron chi connectivity index (χ1n) is 8.78. The number of hydrogen-bond donors (Lipinski definition) is 0. The van der Waals surface area contributed by atoms with Crippen molar-refractivity contribution in [1.82, 2.24) is 14.6 Å². The van der Waals surface area contributed by atoms with Crippen molar-refractivity contribution in [3.8, 4) is 0 Å². The molecule has 1 saturated heterocycles. The minimum absolute atomic E-state index is 0.147. The third-order valence-electron chi connectivity index (χ3n) is 6.00. The van der Waals surface area contributed by atoms with Crippen molar-refractivity contribution in [3.63, 3.8) is 0 Å². The molecule has 2 aliphatic rings. The number of rotatable bonds is 1. The van der Waals surface area contributed by atoms with E-state index < -0.39 is 0 Å². The molecule has 0 saturated carbocycles. The Morgan fingerprint density at radius 2 is 2.04 bits per heavy atom. The molecule has 1 atom stereocenters. The van der Waals surface area contributed by atoms with E-state index in [-0.39, 0.29) is 12.5 Å². The topological polar surface area (TPSA) is 32.5 Å². The van der Waals surface area contributed by atoms with Crippen molar-refractivity contribution < 1.29 is 4.42 Å². The molecule has 0 aliphatic carbocycles. The molecule has 2 aromatic heterocycles. The van der Waals surface area contributed by atoms with Gasteiger partial charge < -0.3 is 14.0 Å². The van der Waals surface area contributed by atoms with Crippen LogP contribution in [0.3, 0.4) is 0 Å². The van der Waals surface area contributed by atoms with Gasteiger partial charge in [0.05, 0.1) is 0 Å². The molecule has 5 heteroatoms. The second-order valence-corrected chi connectivity index (χ2v) is 8.67. The van der Waals surface area contributed by atoms with Crippen molar-refractivity contribution in [2.24, 2.45) is 5.41 Å². The van der Waals surface area contributed by atoms with Crippen LogP contribution in [0.1, 0.15) is 41.0 Å². The van der Waals surface area contributed by atoms with Crippen LogP contribution in [-0.4, -0.2) is 40.2 Å². The van der Waals surface area contributed by atoms with Crippen molar-refractivity contribution >= 4 is 30.3 Å². The van der Waals surface area contributed by atoms with Crippen molar-refractivity contribution in [2.45, 2.75) is 52.6 Å². The Balaban J connectivity index is 1.86. The summed E-state index contributed by atoms with van der Waals surface area (Å²) in [6.07, 6.45) is 5.18.